The van der Waals surface area contributed by atoms with Crippen LogP contribution >= 0.6 is 0 Å². The molecule has 0 aliphatic carbocycles. The smallest absolute Gasteiger partial charge is 0.317 e. The van der Waals surface area contributed by atoms with Crippen molar-refractivity contribution in [2.75, 3.05) is 33.0 Å². The second kappa shape index (κ2) is 9.55. The number of ether oxygens (including phenoxy) is 3. The number of hydrogen-bond acceptors (Lipinski definition) is 8. The van der Waals surface area contributed by atoms with E-state index in [0.29, 0.717) is 30.0 Å². The third-order valence-corrected chi connectivity index (χ3v) is 5.26. The lowest BCUT2D eigenvalue weighted by molar-refractivity contribution is -0.484. The molecule has 1 saturated heterocycles. The monoisotopic (exact) mass is 420 g/mol. The predicted molar refractivity (Wildman–Crippen MR) is 103 cm³/mol. The molecule has 2 aliphatic heterocycles. The minimum absolute atomic E-state index is 0.0305. The Kier molecular flexibility index (Phi) is 6.86. The maximum Gasteiger partial charge on any atom is 0.317 e. The summed E-state index contributed by atoms with van der Waals surface area (Å²) in [5.74, 6) is -2.82. The van der Waals surface area contributed by atoms with E-state index in [4.69, 9.17) is 14.2 Å². The van der Waals surface area contributed by atoms with Crippen molar-refractivity contribution >= 4 is 17.7 Å². The van der Waals surface area contributed by atoms with Gasteiger partial charge in [-0.1, -0.05) is 6.07 Å². The summed E-state index contributed by atoms with van der Waals surface area (Å²) >= 11 is 0. The average molecular weight is 420 g/mol. The van der Waals surface area contributed by atoms with Gasteiger partial charge in [-0.15, -0.1) is 0 Å². The Balaban J connectivity index is 1.86. The molecule has 0 aromatic heterocycles. The van der Waals surface area contributed by atoms with Crippen molar-refractivity contribution in [3.8, 4) is 11.5 Å². The molecule has 0 radical (unpaired) electrons. The molecule has 162 valence electrons. The highest BCUT2D eigenvalue weighted by molar-refractivity contribution is 6.00. The van der Waals surface area contributed by atoms with Crippen molar-refractivity contribution in [2.45, 2.75) is 32.1 Å². The molecular weight excluding hydrogens is 396 g/mol. The number of fused-ring (bicyclic) bond motifs is 1. The van der Waals surface area contributed by atoms with Gasteiger partial charge in [0, 0.05) is 30.9 Å². The van der Waals surface area contributed by atoms with E-state index in [2.05, 4.69) is 0 Å². The summed E-state index contributed by atoms with van der Waals surface area (Å²) in [7, 11) is 0. The van der Waals surface area contributed by atoms with E-state index in [9.17, 15) is 24.5 Å². The number of ketones is 1. The lowest BCUT2D eigenvalue weighted by Crippen LogP contribution is -2.37. The third-order valence-electron chi connectivity index (χ3n) is 5.26. The first-order chi connectivity index (χ1) is 14.4. The van der Waals surface area contributed by atoms with Gasteiger partial charge in [0.2, 0.25) is 19.2 Å². The number of carbonyl (C=O) groups is 3. The van der Waals surface area contributed by atoms with Gasteiger partial charge in [-0.2, -0.15) is 0 Å². The highest BCUT2D eigenvalue weighted by atomic mass is 16.7. The number of rotatable bonds is 10. The summed E-state index contributed by atoms with van der Waals surface area (Å²) in [5, 5.41) is 11.4. The van der Waals surface area contributed by atoms with E-state index in [1.54, 1.807) is 30.0 Å². The highest BCUT2D eigenvalue weighted by Gasteiger charge is 2.40. The molecule has 3 rings (SSSR count). The first kappa shape index (κ1) is 21.5. The number of amides is 1. The zero-order chi connectivity index (χ0) is 21.7. The Labute approximate surface area is 173 Å². The number of Topliss-reactive ketones (excluding diaryl/α,β-unsaturated/α-hetero) is 1. The molecule has 2 heterocycles. The number of benzene rings is 1. The van der Waals surface area contributed by atoms with Crippen LogP contribution in [0.15, 0.2) is 18.2 Å². The first-order valence-corrected chi connectivity index (χ1v) is 9.89. The van der Waals surface area contributed by atoms with Crippen molar-refractivity contribution in [1.82, 2.24) is 4.90 Å². The summed E-state index contributed by atoms with van der Waals surface area (Å²) in [5.41, 5.74) is 0.416. The molecule has 2 unspecified atom stereocenters. The Morgan fingerprint density at radius 2 is 2.07 bits per heavy atom. The van der Waals surface area contributed by atoms with Crippen molar-refractivity contribution in [3.05, 3.63) is 33.9 Å². The molecule has 1 fully saturated rings. The summed E-state index contributed by atoms with van der Waals surface area (Å²) in [4.78, 5) is 49.9. The van der Waals surface area contributed by atoms with Crippen molar-refractivity contribution in [2.24, 2.45) is 5.92 Å². The van der Waals surface area contributed by atoms with Crippen molar-refractivity contribution < 1.29 is 33.5 Å². The summed E-state index contributed by atoms with van der Waals surface area (Å²) < 4.78 is 15.7. The topological polar surface area (TPSA) is 125 Å². The number of hydrogen-bond donors (Lipinski definition) is 0. The lowest BCUT2D eigenvalue weighted by Gasteiger charge is -2.23. The van der Waals surface area contributed by atoms with E-state index in [1.807, 2.05) is 0 Å². The van der Waals surface area contributed by atoms with Crippen LogP contribution in [-0.4, -0.2) is 60.5 Å². The van der Waals surface area contributed by atoms with E-state index >= 15 is 0 Å². The molecule has 10 nitrogen and oxygen atoms in total. The van der Waals surface area contributed by atoms with Crippen LogP contribution in [0.1, 0.15) is 37.7 Å². The Hall–Kier alpha value is -3.17. The van der Waals surface area contributed by atoms with Crippen molar-refractivity contribution in [3.63, 3.8) is 0 Å². The number of carbonyl (C=O) groups excluding carboxylic acids is 3. The predicted octanol–water partition coefficient (Wildman–Crippen LogP) is 1.54. The fourth-order valence-electron chi connectivity index (χ4n) is 3.80. The SMILES string of the molecule is CCOC(=O)C(C(=O)CCN1CCCC1=O)C(C[N+](=O)[O-])c1ccc2c(c1)OCO2. The zero-order valence-corrected chi connectivity index (χ0v) is 16.7. The minimum Gasteiger partial charge on any atom is -0.465 e. The molecular formula is C20H24N2O8. The summed E-state index contributed by atoms with van der Waals surface area (Å²) in [6, 6.07) is 4.74. The molecule has 0 N–H and O–H groups in total. The van der Waals surface area contributed by atoms with E-state index in [1.165, 1.54) is 0 Å². The van der Waals surface area contributed by atoms with Gasteiger partial charge in [-0.3, -0.25) is 24.5 Å². The van der Waals surface area contributed by atoms with Gasteiger partial charge < -0.3 is 19.1 Å². The number of esters is 1. The minimum atomic E-state index is -1.35. The first-order valence-electron chi connectivity index (χ1n) is 9.89. The number of nitro groups is 1. The Morgan fingerprint density at radius 3 is 2.73 bits per heavy atom. The summed E-state index contributed by atoms with van der Waals surface area (Å²) in [6.45, 7) is 1.79. The number of likely N-dealkylation sites (tertiary alicyclic amines) is 1. The van der Waals surface area contributed by atoms with Gasteiger partial charge in [-0.25, -0.2) is 0 Å². The van der Waals surface area contributed by atoms with E-state index < -0.39 is 35.1 Å². The van der Waals surface area contributed by atoms with Gasteiger partial charge >= 0.3 is 5.97 Å². The van der Waals surface area contributed by atoms with Gasteiger partial charge in [0.15, 0.2) is 11.5 Å². The van der Waals surface area contributed by atoms with Crippen LogP contribution in [0.4, 0.5) is 0 Å². The maximum atomic E-state index is 13.0. The van der Waals surface area contributed by atoms with E-state index in [-0.39, 0.29) is 32.3 Å². The van der Waals surface area contributed by atoms with Crippen LogP contribution in [0.3, 0.4) is 0 Å². The molecule has 10 heteroatoms. The van der Waals surface area contributed by atoms with Crippen LogP contribution in [0, 0.1) is 16.0 Å². The maximum absolute atomic E-state index is 13.0. The quantitative estimate of drug-likeness (QED) is 0.241. The molecule has 2 atom stereocenters. The van der Waals surface area contributed by atoms with Gasteiger partial charge in [0.05, 0.1) is 12.5 Å². The van der Waals surface area contributed by atoms with Crippen LogP contribution in [0.25, 0.3) is 0 Å². The molecule has 0 saturated carbocycles. The Morgan fingerprint density at radius 1 is 1.30 bits per heavy atom. The van der Waals surface area contributed by atoms with Crippen LogP contribution in [-0.2, 0) is 19.1 Å². The molecule has 1 amide bonds. The highest BCUT2D eigenvalue weighted by Crippen LogP contribution is 2.37. The fraction of sp³-hybridized carbons (Fsp3) is 0.550. The van der Waals surface area contributed by atoms with Gasteiger partial charge in [-0.05, 0) is 31.0 Å². The van der Waals surface area contributed by atoms with Gasteiger partial charge in [0.25, 0.3) is 0 Å². The second-order valence-electron chi connectivity index (χ2n) is 7.16. The molecule has 0 spiro atoms. The van der Waals surface area contributed by atoms with Crippen molar-refractivity contribution in [1.29, 1.82) is 0 Å². The van der Waals surface area contributed by atoms with Gasteiger partial charge in [0.1, 0.15) is 11.7 Å². The Bertz CT molecular complexity index is 840. The van der Waals surface area contributed by atoms with Crippen LogP contribution in [0.5, 0.6) is 11.5 Å². The van der Waals surface area contributed by atoms with Crippen LogP contribution in [0.2, 0.25) is 0 Å². The second-order valence-corrected chi connectivity index (χ2v) is 7.16. The number of nitrogens with zero attached hydrogens (tertiary/aromatic N) is 2. The normalized spacial score (nSPS) is 17.0. The molecule has 30 heavy (non-hydrogen) atoms. The standard InChI is InChI=1S/C20H24N2O8/c1-2-28-20(25)19(15(23)7-9-21-8-3-4-18(21)24)14(11-22(26)27)13-5-6-16-17(10-13)30-12-29-16/h5-6,10,14,19H,2-4,7-9,11-12H2,1H3. The molecule has 1 aromatic rings. The third kappa shape index (κ3) is 4.87. The van der Waals surface area contributed by atoms with Crippen LogP contribution < -0.4 is 9.47 Å². The molecule has 1 aromatic carbocycles. The fourth-order valence-corrected chi connectivity index (χ4v) is 3.80. The summed E-state index contributed by atoms with van der Waals surface area (Å²) in [6.07, 6.45) is 1.10. The largest absolute Gasteiger partial charge is 0.465 e. The van der Waals surface area contributed by atoms with E-state index in [0.717, 1.165) is 6.42 Å². The molecule has 2 aliphatic rings. The molecule has 0 bridgehead atoms. The lowest BCUT2D eigenvalue weighted by atomic mass is 9.82. The zero-order valence-electron chi connectivity index (χ0n) is 16.7. The average Bonchev–Trinajstić information content (AvgIpc) is 3.33.